The molecule has 4 atom stereocenters. The molecular formula is C24H31ClN8O3. The Balaban J connectivity index is 1.19. The zero-order valence-corrected chi connectivity index (χ0v) is 21.0. The Morgan fingerprint density at radius 3 is 2.78 bits per heavy atom. The van der Waals surface area contributed by atoms with E-state index in [0.717, 1.165) is 42.7 Å². The quantitative estimate of drug-likeness (QED) is 0.246. The van der Waals surface area contributed by atoms with Crippen LogP contribution in [0.4, 0.5) is 5.82 Å². The summed E-state index contributed by atoms with van der Waals surface area (Å²) in [6.07, 6.45) is 1.99. The van der Waals surface area contributed by atoms with E-state index in [1.165, 1.54) is 12.7 Å². The number of fused-ring (bicyclic) bond motifs is 2. The molecule has 0 saturated carbocycles. The van der Waals surface area contributed by atoms with Gasteiger partial charge in [0.15, 0.2) is 17.7 Å². The molecule has 11 nitrogen and oxygen atoms in total. The second-order valence-electron chi connectivity index (χ2n) is 9.49. The number of H-pyrrole nitrogens is 1. The number of para-hydroxylation sites is 1. The van der Waals surface area contributed by atoms with Crippen LogP contribution in [-0.2, 0) is 11.2 Å². The number of unbranched alkanes of at least 4 members (excludes halogenated alkanes) is 1. The van der Waals surface area contributed by atoms with Crippen molar-refractivity contribution in [2.24, 2.45) is 0 Å². The number of halogens is 1. The first-order valence-electron chi connectivity index (χ1n) is 12.1. The van der Waals surface area contributed by atoms with E-state index in [1.807, 2.05) is 18.2 Å². The van der Waals surface area contributed by atoms with Gasteiger partial charge >= 0.3 is 0 Å². The third-order valence-electron chi connectivity index (χ3n) is 6.76. The average molecular weight is 515 g/mol. The van der Waals surface area contributed by atoms with E-state index in [9.17, 15) is 10.2 Å². The molecular weight excluding hydrogens is 484 g/mol. The van der Waals surface area contributed by atoms with Crippen LogP contribution < -0.4 is 5.73 Å². The maximum absolute atomic E-state index is 10.8. The Hall–Kier alpha value is -2.83. The van der Waals surface area contributed by atoms with Gasteiger partial charge in [0, 0.05) is 19.0 Å². The molecule has 0 bridgehead atoms. The summed E-state index contributed by atoms with van der Waals surface area (Å²) in [6, 6.07) is 5.96. The summed E-state index contributed by atoms with van der Waals surface area (Å²) in [7, 11) is 0. The molecule has 5 N–H and O–H groups in total. The number of nitrogens with one attached hydrogen (secondary N) is 1. The predicted octanol–water partition coefficient (Wildman–Crippen LogP) is 2.29. The molecule has 5 rings (SSSR count). The molecule has 0 spiro atoms. The van der Waals surface area contributed by atoms with Gasteiger partial charge in [-0.2, -0.15) is 0 Å². The van der Waals surface area contributed by atoms with E-state index in [4.69, 9.17) is 22.1 Å². The fourth-order valence-electron chi connectivity index (χ4n) is 4.73. The van der Waals surface area contributed by atoms with Crippen LogP contribution in [0.25, 0.3) is 22.2 Å². The number of aliphatic hydroxyl groups excluding tert-OH is 2. The van der Waals surface area contributed by atoms with Crippen molar-refractivity contribution >= 4 is 39.6 Å². The van der Waals surface area contributed by atoms with Crippen LogP contribution in [-0.4, -0.2) is 82.0 Å². The number of aromatic nitrogens is 6. The maximum atomic E-state index is 10.8. The number of imidazole rings is 2. The lowest BCUT2D eigenvalue weighted by Crippen LogP contribution is -2.43. The third kappa shape index (κ3) is 4.76. The van der Waals surface area contributed by atoms with Crippen LogP contribution >= 0.6 is 11.6 Å². The number of rotatable bonds is 9. The molecule has 192 valence electrons. The van der Waals surface area contributed by atoms with Crippen LogP contribution in [0.3, 0.4) is 0 Å². The first kappa shape index (κ1) is 24.8. The van der Waals surface area contributed by atoms with E-state index >= 15 is 0 Å². The van der Waals surface area contributed by atoms with Crippen molar-refractivity contribution in [1.82, 2.24) is 34.4 Å². The summed E-state index contributed by atoms with van der Waals surface area (Å²) < 4.78 is 7.73. The topological polar surface area (TPSA) is 151 Å². The number of anilines is 1. The minimum absolute atomic E-state index is 0.239. The van der Waals surface area contributed by atoms with Gasteiger partial charge < -0.3 is 25.7 Å². The molecule has 4 aromatic rings. The van der Waals surface area contributed by atoms with Gasteiger partial charge in [-0.05, 0) is 45.4 Å². The van der Waals surface area contributed by atoms with E-state index in [-0.39, 0.29) is 11.9 Å². The summed E-state index contributed by atoms with van der Waals surface area (Å²) in [5.74, 6) is 1.17. The molecule has 1 aliphatic rings. The summed E-state index contributed by atoms with van der Waals surface area (Å²) >= 11 is 6.23. The number of aryl methyl sites for hydroxylation is 1. The van der Waals surface area contributed by atoms with Gasteiger partial charge in [-0.3, -0.25) is 9.47 Å². The molecule has 0 radical (unpaired) electrons. The van der Waals surface area contributed by atoms with Crippen molar-refractivity contribution in [3.05, 3.63) is 41.7 Å². The standard InChI is InChI=1S/C24H31ClN8O3/c1-13(2)32(9-4-3-8-17-30-15-7-5-6-14(25)18(15)31-17)10-16-20(34)21(35)24(36-16)33-12-29-19-22(26)27-11-28-23(19)33/h5-7,11-13,16,20-21,24,34-35H,3-4,8-10H2,1-2H3,(H,30,31)(H2,26,27,28)/t16-,20-,21-,24-/m1/s1. The Morgan fingerprint density at radius 2 is 2.00 bits per heavy atom. The average Bonchev–Trinajstić information content (AvgIpc) is 3.54. The molecule has 12 heteroatoms. The van der Waals surface area contributed by atoms with Crippen LogP contribution in [0.1, 0.15) is 38.7 Å². The second kappa shape index (κ2) is 10.3. The van der Waals surface area contributed by atoms with Gasteiger partial charge in [0.05, 0.1) is 16.9 Å². The largest absolute Gasteiger partial charge is 0.387 e. The Bertz CT molecular complexity index is 1340. The molecule has 1 fully saturated rings. The van der Waals surface area contributed by atoms with E-state index in [1.54, 1.807) is 4.57 Å². The molecule has 0 amide bonds. The highest BCUT2D eigenvalue weighted by molar-refractivity contribution is 6.34. The summed E-state index contributed by atoms with van der Waals surface area (Å²) in [5, 5.41) is 22.2. The monoisotopic (exact) mass is 514 g/mol. The number of hydrogen-bond donors (Lipinski definition) is 4. The number of nitrogens with two attached hydrogens (primary N) is 1. The van der Waals surface area contributed by atoms with Crippen molar-refractivity contribution in [2.75, 3.05) is 18.8 Å². The summed E-state index contributed by atoms with van der Waals surface area (Å²) in [5.41, 5.74) is 8.51. The van der Waals surface area contributed by atoms with E-state index in [0.29, 0.717) is 22.7 Å². The van der Waals surface area contributed by atoms with Gasteiger partial charge in [0.2, 0.25) is 0 Å². The Labute approximate surface area is 213 Å². The highest BCUT2D eigenvalue weighted by Gasteiger charge is 2.45. The highest BCUT2D eigenvalue weighted by atomic mass is 35.5. The Kier molecular flexibility index (Phi) is 7.09. The van der Waals surface area contributed by atoms with Crippen LogP contribution in [0.15, 0.2) is 30.9 Å². The van der Waals surface area contributed by atoms with Crippen molar-refractivity contribution in [2.45, 2.75) is 63.7 Å². The molecule has 4 heterocycles. The van der Waals surface area contributed by atoms with Crippen molar-refractivity contribution in [1.29, 1.82) is 0 Å². The maximum Gasteiger partial charge on any atom is 0.167 e. The molecule has 0 aliphatic carbocycles. The van der Waals surface area contributed by atoms with Crippen molar-refractivity contribution in [3.63, 3.8) is 0 Å². The minimum Gasteiger partial charge on any atom is -0.387 e. The number of benzene rings is 1. The zero-order valence-electron chi connectivity index (χ0n) is 20.3. The van der Waals surface area contributed by atoms with Gasteiger partial charge in [0.1, 0.15) is 41.5 Å². The number of nitrogen functional groups attached to an aromatic ring is 1. The summed E-state index contributed by atoms with van der Waals surface area (Å²) in [6.45, 7) is 5.53. The molecule has 36 heavy (non-hydrogen) atoms. The van der Waals surface area contributed by atoms with Crippen molar-refractivity contribution in [3.8, 4) is 0 Å². The second-order valence-corrected chi connectivity index (χ2v) is 9.90. The van der Waals surface area contributed by atoms with Crippen molar-refractivity contribution < 1.29 is 14.9 Å². The van der Waals surface area contributed by atoms with Crippen LogP contribution in [0.2, 0.25) is 5.02 Å². The van der Waals surface area contributed by atoms with Gasteiger partial charge in [-0.25, -0.2) is 19.9 Å². The molecule has 0 unspecified atom stereocenters. The smallest absolute Gasteiger partial charge is 0.167 e. The minimum atomic E-state index is -1.13. The van der Waals surface area contributed by atoms with Gasteiger partial charge in [-0.1, -0.05) is 17.7 Å². The fourth-order valence-corrected chi connectivity index (χ4v) is 4.95. The highest BCUT2D eigenvalue weighted by Crippen LogP contribution is 2.32. The van der Waals surface area contributed by atoms with E-state index in [2.05, 4.69) is 43.7 Å². The third-order valence-corrected chi connectivity index (χ3v) is 7.07. The first-order valence-corrected chi connectivity index (χ1v) is 12.5. The summed E-state index contributed by atoms with van der Waals surface area (Å²) in [4.78, 5) is 22.6. The SMILES string of the molecule is CC(C)N(CCCCc1nc2c(Cl)cccc2[nH]1)C[C@H]1O[C@@H](n2cnc3c(N)ncnc32)[C@H](O)[C@@H]1O. The first-order chi connectivity index (χ1) is 17.3. The number of aliphatic hydroxyl groups is 2. The lowest BCUT2D eigenvalue weighted by molar-refractivity contribution is -0.0469. The lowest BCUT2D eigenvalue weighted by Gasteiger charge is -2.30. The van der Waals surface area contributed by atoms with Crippen LogP contribution in [0, 0.1) is 0 Å². The number of nitrogens with zero attached hydrogens (tertiary/aromatic N) is 6. The van der Waals surface area contributed by atoms with Gasteiger partial charge in [0.25, 0.3) is 0 Å². The number of hydrogen-bond acceptors (Lipinski definition) is 9. The Morgan fingerprint density at radius 1 is 1.17 bits per heavy atom. The fraction of sp³-hybridized carbons (Fsp3) is 0.500. The zero-order chi connectivity index (χ0) is 25.4. The van der Waals surface area contributed by atoms with Crippen LogP contribution in [0.5, 0.6) is 0 Å². The molecule has 1 saturated heterocycles. The molecule has 1 aliphatic heterocycles. The molecule has 3 aromatic heterocycles. The number of aromatic amines is 1. The molecule has 1 aromatic carbocycles. The normalized spacial score (nSPS) is 22.5. The van der Waals surface area contributed by atoms with Gasteiger partial charge in [-0.15, -0.1) is 0 Å². The lowest BCUT2D eigenvalue weighted by atomic mass is 10.1. The predicted molar refractivity (Wildman–Crippen MR) is 136 cm³/mol. The van der Waals surface area contributed by atoms with E-state index < -0.39 is 24.5 Å². The number of ether oxygens (including phenoxy) is 1.